The first-order valence-corrected chi connectivity index (χ1v) is 25.7. The van der Waals surface area contributed by atoms with E-state index in [2.05, 4.69) is 273 Å². The van der Waals surface area contributed by atoms with E-state index in [9.17, 15) is 0 Å². The zero-order valence-corrected chi connectivity index (χ0v) is 41.1. The van der Waals surface area contributed by atoms with Crippen LogP contribution in [0.3, 0.4) is 0 Å². The van der Waals surface area contributed by atoms with Crippen LogP contribution in [-0.2, 0) is 0 Å². The molecule has 6 heterocycles. The monoisotopic (exact) mass is 971 g/mol. The van der Waals surface area contributed by atoms with E-state index >= 15 is 0 Å². The fraction of sp³-hybridized carbons (Fsp3) is 0. The number of hydrogen-bond donors (Lipinski definition) is 0. The number of aromatic nitrogens is 6. The van der Waals surface area contributed by atoms with Gasteiger partial charge in [-0.05, 0) is 91.0 Å². The molecule has 0 atom stereocenters. The van der Waals surface area contributed by atoms with E-state index in [0.29, 0.717) is 0 Å². The van der Waals surface area contributed by atoms with Gasteiger partial charge in [0.25, 0.3) is 0 Å². The average Bonchev–Trinajstić information content (AvgIpc) is 4.16. The molecule has 0 spiro atoms. The van der Waals surface area contributed by atoms with Crippen LogP contribution in [0.2, 0.25) is 0 Å². The van der Waals surface area contributed by atoms with Crippen molar-refractivity contribution in [3.8, 4) is 50.8 Å². The van der Waals surface area contributed by atoms with Crippen molar-refractivity contribution in [2.75, 3.05) is 4.90 Å². The lowest BCUT2D eigenvalue weighted by molar-refractivity contribution is 1.14. The van der Waals surface area contributed by atoms with Gasteiger partial charge >= 0.3 is 0 Å². The number of nitrogens with zero attached hydrogens (tertiary/aromatic N) is 7. The van der Waals surface area contributed by atoms with Crippen molar-refractivity contribution >= 4 is 82.5 Å². The van der Waals surface area contributed by atoms with Crippen LogP contribution in [0, 0.1) is 0 Å². The highest BCUT2D eigenvalue weighted by molar-refractivity contribution is 6.11. The highest BCUT2D eigenvalue weighted by atomic mass is 15.2. The first kappa shape index (κ1) is 43.2. The molecule has 76 heavy (non-hydrogen) atoms. The molecule has 0 aliphatic carbocycles. The number of anilines is 3. The van der Waals surface area contributed by atoms with Crippen LogP contribution in [0.15, 0.2) is 273 Å². The molecule has 0 saturated heterocycles. The van der Waals surface area contributed by atoms with Gasteiger partial charge in [-0.15, -0.1) is 0 Å². The lowest BCUT2D eigenvalue weighted by atomic mass is 10.00. The molecular formula is C69H45N7. The summed E-state index contributed by atoms with van der Waals surface area (Å²) in [5, 5.41) is 7.29. The molecule has 7 heteroatoms. The summed E-state index contributed by atoms with van der Waals surface area (Å²) < 4.78 is 6.93. The molecule has 0 fully saturated rings. The SMILES string of the molecule is c1ccc(N(c2ccccc2-c2ccc(-n3c4ccccc4c4ccccc43)cn2)c2ccccc2-c2ccc(-n3c4ccccc4c4ccccc43)cn2)c(-c2ccc(-n3c4ccccc4c4ccccc43)cn2)c1. The fourth-order valence-electron chi connectivity index (χ4n) is 11.7. The number of hydrogen-bond acceptors (Lipinski definition) is 4. The molecular weight excluding hydrogens is 927 g/mol. The average molecular weight is 972 g/mol. The Morgan fingerprint density at radius 3 is 0.684 bits per heavy atom. The molecule has 0 radical (unpaired) electrons. The number of para-hydroxylation sites is 9. The zero-order valence-electron chi connectivity index (χ0n) is 41.1. The van der Waals surface area contributed by atoms with Crippen molar-refractivity contribution in [2.24, 2.45) is 0 Å². The van der Waals surface area contributed by atoms with E-state index in [1.807, 2.05) is 18.6 Å². The predicted octanol–water partition coefficient (Wildman–Crippen LogP) is 17.6. The highest BCUT2D eigenvalue weighted by Gasteiger charge is 2.25. The number of benzene rings is 9. The van der Waals surface area contributed by atoms with Crippen LogP contribution in [0.1, 0.15) is 0 Å². The van der Waals surface area contributed by atoms with Crippen molar-refractivity contribution in [1.29, 1.82) is 0 Å². The van der Waals surface area contributed by atoms with Gasteiger partial charge in [0.05, 0.1) is 103 Å². The molecule has 7 nitrogen and oxygen atoms in total. The van der Waals surface area contributed by atoms with Gasteiger partial charge in [0.1, 0.15) is 0 Å². The van der Waals surface area contributed by atoms with E-state index in [0.717, 1.165) is 101 Å². The molecule has 9 aromatic carbocycles. The Morgan fingerprint density at radius 1 is 0.224 bits per heavy atom. The van der Waals surface area contributed by atoms with E-state index < -0.39 is 0 Å². The minimum atomic E-state index is 0.849. The molecule has 0 N–H and O–H groups in total. The van der Waals surface area contributed by atoms with E-state index in [-0.39, 0.29) is 0 Å². The van der Waals surface area contributed by atoms with Gasteiger partial charge in [0.15, 0.2) is 0 Å². The maximum absolute atomic E-state index is 5.29. The summed E-state index contributed by atoms with van der Waals surface area (Å²) in [6.45, 7) is 0. The number of fused-ring (bicyclic) bond motifs is 9. The summed E-state index contributed by atoms with van der Waals surface area (Å²) >= 11 is 0. The summed E-state index contributed by atoms with van der Waals surface area (Å²) in [4.78, 5) is 18.2. The second-order valence-corrected chi connectivity index (χ2v) is 19.2. The molecule has 0 amide bonds. The van der Waals surface area contributed by atoms with Gasteiger partial charge < -0.3 is 18.6 Å². The van der Waals surface area contributed by atoms with Crippen LogP contribution in [0.5, 0.6) is 0 Å². The first-order valence-electron chi connectivity index (χ1n) is 25.7. The third kappa shape index (κ3) is 6.87. The van der Waals surface area contributed by atoms with Gasteiger partial charge in [-0.2, -0.15) is 0 Å². The van der Waals surface area contributed by atoms with Crippen LogP contribution in [0.25, 0.3) is 116 Å². The van der Waals surface area contributed by atoms with Crippen molar-refractivity contribution < 1.29 is 0 Å². The van der Waals surface area contributed by atoms with Crippen LogP contribution >= 0.6 is 0 Å². The van der Waals surface area contributed by atoms with Crippen molar-refractivity contribution in [2.45, 2.75) is 0 Å². The highest BCUT2D eigenvalue weighted by Crippen LogP contribution is 2.47. The Hall–Kier alpha value is -10.4. The Kier molecular flexibility index (Phi) is 10.1. The standard InChI is InChI=1S/C69H45N7/c1-10-28-61-49(19-1)50-20-2-11-29-62(50)73(61)46-37-40-58(70-43-46)55-25-7-16-34-67(55)76(68-35-17-8-26-56(68)59-41-38-47(44-71-59)74-63-30-12-3-21-51(63)52-22-4-13-31-64(52)74)69-36-18-9-27-57(69)60-42-39-48(45-72-60)75-65-32-14-5-23-53(65)54-24-6-15-33-66(54)75/h1-45H. The third-order valence-electron chi connectivity index (χ3n) is 15.0. The minimum Gasteiger partial charge on any atom is -0.308 e. The van der Waals surface area contributed by atoms with Crippen LogP contribution < -0.4 is 4.90 Å². The van der Waals surface area contributed by atoms with Gasteiger partial charge in [-0.1, -0.05) is 164 Å². The minimum absolute atomic E-state index is 0.849. The molecule has 0 bridgehead atoms. The lowest BCUT2D eigenvalue weighted by Crippen LogP contribution is -2.14. The Balaban J connectivity index is 0.889. The van der Waals surface area contributed by atoms with E-state index in [1.54, 1.807) is 0 Å². The van der Waals surface area contributed by atoms with Gasteiger partial charge in [-0.25, -0.2) is 0 Å². The van der Waals surface area contributed by atoms with Crippen molar-refractivity contribution in [3.05, 3.63) is 273 Å². The lowest BCUT2D eigenvalue weighted by Gasteiger charge is -2.31. The molecule has 0 aliphatic rings. The Morgan fingerprint density at radius 2 is 0.447 bits per heavy atom. The summed E-state index contributed by atoms with van der Waals surface area (Å²) in [5.74, 6) is 0. The quantitative estimate of drug-likeness (QED) is 0.145. The fourth-order valence-corrected chi connectivity index (χ4v) is 11.7. The normalized spacial score (nSPS) is 11.7. The first-order chi connectivity index (χ1) is 37.7. The molecule has 0 aliphatic heterocycles. The summed E-state index contributed by atoms with van der Waals surface area (Å²) in [6.07, 6.45) is 6.01. The summed E-state index contributed by atoms with van der Waals surface area (Å²) in [7, 11) is 0. The Bertz CT molecular complexity index is 4060. The largest absolute Gasteiger partial charge is 0.308 e. The van der Waals surface area contributed by atoms with Crippen molar-refractivity contribution in [1.82, 2.24) is 28.7 Å². The maximum atomic E-state index is 5.29. The molecule has 356 valence electrons. The topological polar surface area (TPSA) is 56.7 Å². The molecule has 6 aromatic heterocycles. The van der Waals surface area contributed by atoms with Crippen LogP contribution in [0.4, 0.5) is 17.1 Å². The maximum Gasteiger partial charge on any atom is 0.0724 e. The second kappa shape index (κ2) is 17.7. The molecule has 15 rings (SSSR count). The molecule has 0 unspecified atom stereocenters. The van der Waals surface area contributed by atoms with Crippen LogP contribution in [-0.4, -0.2) is 28.7 Å². The second-order valence-electron chi connectivity index (χ2n) is 19.2. The number of rotatable bonds is 9. The smallest absolute Gasteiger partial charge is 0.0724 e. The molecule has 0 saturated carbocycles. The van der Waals surface area contributed by atoms with Gasteiger partial charge in [-0.3, -0.25) is 15.0 Å². The van der Waals surface area contributed by atoms with E-state index in [1.165, 1.54) is 32.3 Å². The van der Waals surface area contributed by atoms with E-state index in [4.69, 9.17) is 15.0 Å². The summed E-state index contributed by atoms with van der Waals surface area (Å²) in [6, 6.07) is 90.3. The van der Waals surface area contributed by atoms with Gasteiger partial charge in [0.2, 0.25) is 0 Å². The molecule has 15 aromatic rings. The van der Waals surface area contributed by atoms with Crippen molar-refractivity contribution in [3.63, 3.8) is 0 Å². The summed E-state index contributed by atoms with van der Waals surface area (Å²) in [5.41, 5.74) is 18.2. The number of pyridine rings is 3. The Labute approximate surface area is 438 Å². The van der Waals surface area contributed by atoms with Gasteiger partial charge in [0, 0.05) is 49.0 Å². The third-order valence-corrected chi connectivity index (χ3v) is 15.0. The predicted molar refractivity (Wildman–Crippen MR) is 314 cm³/mol. The zero-order chi connectivity index (χ0) is 50.1.